The van der Waals surface area contributed by atoms with Gasteiger partial charge in [0.25, 0.3) is 5.91 Å². The Hall–Kier alpha value is -4.84. The number of benzene rings is 3. The van der Waals surface area contributed by atoms with Gasteiger partial charge >= 0.3 is 12.4 Å². The van der Waals surface area contributed by atoms with Crippen LogP contribution < -0.4 is 14.6 Å². The molecule has 0 atom stereocenters. The van der Waals surface area contributed by atoms with Crippen LogP contribution in [0.4, 0.5) is 26.3 Å². The minimum atomic E-state index is -4.87. The van der Waals surface area contributed by atoms with Crippen molar-refractivity contribution in [3.8, 4) is 28.5 Å². The molecule has 18 heteroatoms. The summed E-state index contributed by atoms with van der Waals surface area (Å²) in [6, 6.07) is 17.2. The summed E-state index contributed by atoms with van der Waals surface area (Å²) in [6.07, 6.45) is -8.09. The van der Waals surface area contributed by atoms with E-state index in [-0.39, 0.29) is 28.7 Å². The highest BCUT2D eigenvalue weighted by atomic mass is 35.5. The maximum atomic E-state index is 13.6. The summed E-state index contributed by atoms with van der Waals surface area (Å²) in [6.45, 7) is 1.34. The molecule has 0 unspecified atom stereocenters. The van der Waals surface area contributed by atoms with Gasteiger partial charge in [0.2, 0.25) is 15.9 Å². The Labute approximate surface area is 304 Å². The number of alkyl halides is 6. The molecule has 6 rings (SSSR count). The molecule has 0 radical (unpaired) electrons. The molecule has 280 valence electrons. The minimum Gasteiger partial charge on any atom is -0.484 e. The Morgan fingerprint density at radius 1 is 0.906 bits per heavy atom. The average molecular weight is 782 g/mol. The van der Waals surface area contributed by atoms with Gasteiger partial charge in [-0.15, -0.1) is 0 Å². The van der Waals surface area contributed by atoms with Gasteiger partial charge in [0.15, 0.2) is 6.61 Å². The molecule has 3 aromatic carbocycles. The molecule has 10 nitrogen and oxygen atoms in total. The average Bonchev–Trinajstić information content (AvgIpc) is 3.42. The van der Waals surface area contributed by atoms with Crippen molar-refractivity contribution in [1.29, 1.82) is 0 Å². The monoisotopic (exact) mass is 781 g/mol. The van der Waals surface area contributed by atoms with E-state index in [4.69, 9.17) is 26.2 Å². The first-order valence-electron chi connectivity index (χ1n) is 15.8. The highest BCUT2D eigenvalue weighted by Crippen LogP contribution is 2.40. The second kappa shape index (κ2) is 14.5. The lowest BCUT2D eigenvalue weighted by atomic mass is 10.0. The van der Waals surface area contributed by atoms with Crippen LogP contribution in [-0.4, -0.2) is 72.6 Å². The third kappa shape index (κ3) is 8.87. The summed E-state index contributed by atoms with van der Waals surface area (Å²) in [5, 5.41) is 5.41. The molecule has 1 saturated heterocycles. The largest absolute Gasteiger partial charge is 0.484 e. The smallest absolute Gasteiger partial charge is 0.422 e. The number of aryl methyl sites for hydroxylation is 1. The minimum absolute atomic E-state index is 0.0805. The van der Waals surface area contributed by atoms with E-state index in [2.05, 4.69) is 9.88 Å². The quantitative estimate of drug-likeness (QED) is 0.157. The Bertz CT molecular complexity index is 2260. The molecule has 0 spiro atoms. The summed E-state index contributed by atoms with van der Waals surface area (Å²) < 4.78 is 114. The number of nitrogens with zero attached hydrogens (tertiary/aromatic N) is 4. The van der Waals surface area contributed by atoms with Crippen molar-refractivity contribution in [3.05, 3.63) is 101 Å². The molecule has 1 aliphatic heterocycles. The van der Waals surface area contributed by atoms with E-state index in [1.807, 2.05) is 0 Å². The number of carbonyl (C=O) groups excluding carboxylic acids is 1. The van der Waals surface area contributed by atoms with Crippen molar-refractivity contribution < 1.29 is 49.0 Å². The lowest BCUT2D eigenvalue weighted by Crippen LogP contribution is -2.48. The van der Waals surface area contributed by atoms with Crippen molar-refractivity contribution in [2.24, 2.45) is 12.2 Å². The molecular formula is C35H30ClF6N5O5S. The summed E-state index contributed by atoms with van der Waals surface area (Å²) in [5.74, 6) is 0.415. The van der Waals surface area contributed by atoms with Gasteiger partial charge in [-0.05, 0) is 54.1 Å². The zero-order valence-corrected chi connectivity index (χ0v) is 29.3. The number of halogens is 7. The Kier molecular flexibility index (Phi) is 10.4. The maximum absolute atomic E-state index is 13.6. The molecule has 0 bridgehead atoms. The van der Waals surface area contributed by atoms with Crippen molar-refractivity contribution >= 4 is 38.4 Å². The summed E-state index contributed by atoms with van der Waals surface area (Å²) in [5.41, 5.74) is 0.655. The van der Waals surface area contributed by atoms with Crippen LogP contribution in [0, 0.1) is 0 Å². The topological polar surface area (TPSA) is 120 Å². The summed E-state index contributed by atoms with van der Waals surface area (Å²) in [7, 11) is -2.83. The summed E-state index contributed by atoms with van der Waals surface area (Å²) >= 11 is 6.18. The molecule has 5 aromatic rings. The number of hydrogen-bond acceptors (Lipinski definition) is 7. The first kappa shape index (κ1) is 37.9. The number of aromatic nitrogens is 2. The van der Waals surface area contributed by atoms with Gasteiger partial charge in [0.1, 0.15) is 22.1 Å². The van der Waals surface area contributed by atoms with Gasteiger partial charge in [-0.2, -0.15) is 26.3 Å². The van der Waals surface area contributed by atoms with Gasteiger partial charge in [-0.1, -0.05) is 23.7 Å². The van der Waals surface area contributed by atoms with E-state index < -0.39 is 44.5 Å². The molecular weight excluding hydrogens is 752 g/mol. The fourth-order valence-corrected chi connectivity index (χ4v) is 7.06. The van der Waals surface area contributed by atoms with Gasteiger partial charge in [-0.3, -0.25) is 9.69 Å². The molecule has 1 fully saturated rings. The van der Waals surface area contributed by atoms with Crippen LogP contribution in [0.1, 0.15) is 21.6 Å². The normalized spacial score (nSPS) is 14.5. The molecule has 2 aromatic heterocycles. The predicted molar refractivity (Wildman–Crippen MR) is 183 cm³/mol. The number of pyridine rings is 1. The first-order valence-corrected chi connectivity index (χ1v) is 17.8. The number of rotatable bonds is 9. The second-order valence-electron chi connectivity index (χ2n) is 12.3. The van der Waals surface area contributed by atoms with Gasteiger partial charge < -0.3 is 18.9 Å². The predicted octanol–water partition coefficient (Wildman–Crippen LogP) is 7.25. The van der Waals surface area contributed by atoms with Gasteiger partial charge in [0, 0.05) is 74.6 Å². The second-order valence-corrected chi connectivity index (χ2v) is 14.2. The van der Waals surface area contributed by atoms with E-state index in [0.29, 0.717) is 61.8 Å². The fraction of sp³-hybridized carbons (Fsp3) is 0.257. The number of carbonyl (C=O) groups is 1. The standard InChI is InChI=1S/C35H30ClF6N5O5S/c1-45-28-17-26(52-31-9-5-23(18-44-31)27-15-24(35(40,41)42)16-30(32(27)36)53(43,49)50)8-4-22(28)14-29(45)33(48)47-12-10-46(11-13-47)19-21-2-6-25(7-3-21)51-20-34(37,38)39/h2-9,14-18H,10-13,19-20H2,1H3,(H2,43,49,50). The lowest BCUT2D eigenvalue weighted by Gasteiger charge is -2.34. The number of primary sulfonamides is 1. The first-order chi connectivity index (χ1) is 24.9. The molecule has 0 aliphatic carbocycles. The maximum Gasteiger partial charge on any atom is 0.422 e. The van der Waals surface area contributed by atoms with Crippen LogP contribution >= 0.6 is 11.6 Å². The molecule has 1 aliphatic rings. The van der Waals surface area contributed by atoms with Crippen molar-refractivity contribution in [2.75, 3.05) is 32.8 Å². The number of amides is 1. The van der Waals surface area contributed by atoms with Crippen molar-refractivity contribution in [1.82, 2.24) is 19.4 Å². The molecule has 2 N–H and O–H groups in total. The van der Waals surface area contributed by atoms with Crippen LogP contribution in [0.15, 0.2) is 83.9 Å². The fourth-order valence-electron chi connectivity index (χ4n) is 5.86. The van der Waals surface area contributed by atoms with Crippen LogP contribution in [0.5, 0.6) is 17.4 Å². The van der Waals surface area contributed by atoms with Crippen molar-refractivity contribution in [3.63, 3.8) is 0 Å². The Balaban J connectivity index is 1.10. The van der Waals surface area contributed by atoms with Crippen molar-refractivity contribution in [2.45, 2.75) is 23.8 Å². The lowest BCUT2D eigenvalue weighted by molar-refractivity contribution is -0.153. The number of sulfonamides is 1. The number of piperazine rings is 1. The number of nitrogens with two attached hydrogens (primary N) is 1. The molecule has 53 heavy (non-hydrogen) atoms. The molecule has 3 heterocycles. The van der Waals surface area contributed by atoms with E-state index in [1.165, 1.54) is 30.5 Å². The molecule has 1 amide bonds. The Morgan fingerprint density at radius 2 is 1.58 bits per heavy atom. The Morgan fingerprint density at radius 3 is 2.19 bits per heavy atom. The summed E-state index contributed by atoms with van der Waals surface area (Å²) in [4.78, 5) is 20.8. The highest BCUT2D eigenvalue weighted by molar-refractivity contribution is 7.89. The zero-order valence-electron chi connectivity index (χ0n) is 27.7. The van der Waals surface area contributed by atoms with E-state index >= 15 is 0 Å². The van der Waals surface area contributed by atoms with Gasteiger partial charge in [-0.25, -0.2) is 18.5 Å². The third-order valence-corrected chi connectivity index (χ3v) is 10.0. The van der Waals surface area contributed by atoms with E-state index in [0.717, 1.165) is 10.9 Å². The number of fused-ring (bicyclic) bond motifs is 1. The van der Waals surface area contributed by atoms with Crippen LogP contribution in [0.3, 0.4) is 0 Å². The van der Waals surface area contributed by atoms with Crippen LogP contribution in [0.2, 0.25) is 5.02 Å². The SMILES string of the molecule is Cn1c(C(=O)N2CCN(Cc3ccc(OCC(F)(F)F)cc3)CC2)cc2ccc(Oc3ccc(-c4cc(C(F)(F)F)cc(S(N)(=O)=O)c4Cl)cn3)cc21. The van der Waals surface area contributed by atoms with Gasteiger partial charge in [0.05, 0.1) is 16.1 Å². The highest BCUT2D eigenvalue weighted by Gasteiger charge is 2.34. The van der Waals surface area contributed by atoms with E-state index in [1.54, 1.807) is 52.9 Å². The van der Waals surface area contributed by atoms with E-state index in [9.17, 15) is 39.6 Å². The zero-order chi connectivity index (χ0) is 38.3. The number of hydrogen-bond donors (Lipinski definition) is 1. The van der Waals surface area contributed by atoms with Crippen LogP contribution in [0.25, 0.3) is 22.0 Å². The molecule has 0 saturated carbocycles. The van der Waals surface area contributed by atoms with Crippen LogP contribution in [-0.2, 0) is 29.8 Å². The number of ether oxygens (including phenoxy) is 2. The third-order valence-electron chi connectivity index (χ3n) is 8.57.